The van der Waals surface area contributed by atoms with Crippen molar-refractivity contribution in [2.24, 2.45) is 0 Å². The zero-order valence-corrected chi connectivity index (χ0v) is 9.48. The van der Waals surface area contributed by atoms with Gasteiger partial charge in [-0.05, 0) is 25.3 Å². The molecule has 2 heterocycles. The number of hydrogen-bond donors (Lipinski definition) is 1. The molecule has 88 valence electrons. The van der Waals surface area contributed by atoms with Gasteiger partial charge in [0.05, 0.1) is 12.6 Å². The predicted molar refractivity (Wildman–Crippen MR) is 60.8 cm³/mol. The minimum Gasteiger partial charge on any atom is -0.437 e. The maximum atomic E-state index is 11.1. The molecule has 1 aliphatic rings. The van der Waals surface area contributed by atoms with Crippen molar-refractivity contribution in [3.63, 3.8) is 0 Å². The average molecular weight is 223 g/mol. The van der Waals surface area contributed by atoms with Crippen LogP contribution in [0.4, 0.5) is 5.88 Å². The van der Waals surface area contributed by atoms with Gasteiger partial charge in [-0.25, -0.2) is 0 Å². The Kier molecular flexibility index (Phi) is 3.29. The Morgan fingerprint density at radius 2 is 2.38 bits per heavy atom. The molecule has 0 spiro atoms. The van der Waals surface area contributed by atoms with Crippen molar-refractivity contribution in [3.8, 4) is 0 Å². The smallest absolute Gasteiger partial charge is 0.196 e. The van der Waals surface area contributed by atoms with E-state index in [2.05, 4.69) is 4.90 Å². The van der Waals surface area contributed by atoms with Crippen molar-refractivity contribution >= 4 is 11.7 Å². The van der Waals surface area contributed by atoms with Gasteiger partial charge in [-0.1, -0.05) is 0 Å². The van der Waals surface area contributed by atoms with Crippen molar-refractivity contribution < 1.29 is 14.3 Å². The molecular weight excluding hydrogens is 206 g/mol. The minimum atomic E-state index is -0.0659. The van der Waals surface area contributed by atoms with E-state index in [0.717, 1.165) is 25.8 Å². The van der Waals surface area contributed by atoms with Crippen molar-refractivity contribution in [1.82, 2.24) is 0 Å². The van der Waals surface area contributed by atoms with E-state index in [9.17, 15) is 9.90 Å². The number of furan rings is 1. The highest BCUT2D eigenvalue weighted by Crippen LogP contribution is 2.26. The fourth-order valence-corrected chi connectivity index (χ4v) is 2.15. The summed E-state index contributed by atoms with van der Waals surface area (Å²) in [7, 11) is 0. The molecule has 1 saturated heterocycles. The zero-order chi connectivity index (χ0) is 11.5. The summed E-state index contributed by atoms with van der Waals surface area (Å²) in [6.45, 7) is 2.51. The second-order valence-electron chi connectivity index (χ2n) is 4.22. The summed E-state index contributed by atoms with van der Waals surface area (Å²) >= 11 is 0. The number of piperidine rings is 1. The molecule has 1 N–H and O–H groups in total. The molecule has 1 aromatic rings. The van der Waals surface area contributed by atoms with Gasteiger partial charge in [0.1, 0.15) is 0 Å². The maximum Gasteiger partial charge on any atom is 0.196 e. The van der Waals surface area contributed by atoms with Crippen LogP contribution in [0.25, 0.3) is 0 Å². The lowest BCUT2D eigenvalue weighted by atomic mass is 10.0. The number of ketones is 1. The highest BCUT2D eigenvalue weighted by atomic mass is 16.4. The highest BCUT2D eigenvalue weighted by molar-refractivity contribution is 5.91. The molecule has 1 unspecified atom stereocenters. The fraction of sp³-hybridized carbons (Fsp3) is 0.583. The molecule has 4 heteroatoms. The average Bonchev–Trinajstić information content (AvgIpc) is 2.78. The van der Waals surface area contributed by atoms with E-state index in [1.54, 1.807) is 6.07 Å². The van der Waals surface area contributed by atoms with Gasteiger partial charge in [0.25, 0.3) is 0 Å². The van der Waals surface area contributed by atoms with Crippen LogP contribution in [0.15, 0.2) is 16.5 Å². The highest BCUT2D eigenvalue weighted by Gasteiger charge is 2.24. The number of rotatable bonds is 3. The van der Waals surface area contributed by atoms with Gasteiger partial charge in [-0.3, -0.25) is 4.79 Å². The summed E-state index contributed by atoms with van der Waals surface area (Å²) in [6.07, 6.45) is 3.22. The molecule has 0 aromatic carbocycles. The molecule has 0 saturated carbocycles. The molecule has 1 fully saturated rings. The zero-order valence-electron chi connectivity index (χ0n) is 9.48. The Morgan fingerprint density at radius 3 is 3.00 bits per heavy atom. The first-order chi connectivity index (χ1) is 7.72. The summed E-state index contributed by atoms with van der Waals surface area (Å²) < 4.78 is 5.48. The van der Waals surface area contributed by atoms with Crippen molar-refractivity contribution in [1.29, 1.82) is 0 Å². The SMILES string of the molecule is CC(=O)c1ccc(N2CCCCC2CO)o1. The van der Waals surface area contributed by atoms with Gasteiger partial charge in [0.2, 0.25) is 0 Å². The van der Waals surface area contributed by atoms with Crippen LogP contribution in [0.1, 0.15) is 36.7 Å². The molecule has 4 nitrogen and oxygen atoms in total. The molecule has 0 amide bonds. The monoisotopic (exact) mass is 223 g/mol. The molecular formula is C12H17NO3. The van der Waals surface area contributed by atoms with Crippen LogP contribution in [-0.2, 0) is 0 Å². The van der Waals surface area contributed by atoms with E-state index in [4.69, 9.17) is 4.42 Å². The van der Waals surface area contributed by atoms with Crippen LogP contribution in [0, 0.1) is 0 Å². The third kappa shape index (κ3) is 2.11. The van der Waals surface area contributed by atoms with Gasteiger partial charge in [-0.15, -0.1) is 0 Å². The molecule has 0 radical (unpaired) electrons. The number of anilines is 1. The second kappa shape index (κ2) is 4.70. The van der Waals surface area contributed by atoms with Gasteiger partial charge in [-0.2, -0.15) is 0 Å². The van der Waals surface area contributed by atoms with E-state index in [1.165, 1.54) is 6.92 Å². The molecule has 1 aliphatic heterocycles. The lowest BCUT2D eigenvalue weighted by Gasteiger charge is -2.34. The lowest BCUT2D eigenvalue weighted by Crippen LogP contribution is -2.41. The van der Waals surface area contributed by atoms with E-state index in [1.807, 2.05) is 6.07 Å². The van der Waals surface area contributed by atoms with E-state index in [-0.39, 0.29) is 18.4 Å². The summed E-state index contributed by atoms with van der Waals surface area (Å²) in [5.74, 6) is 1.02. The summed E-state index contributed by atoms with van der Waals surface area (Å²) in [5, 5.41) is 9.29. The molecule has 2 rings (SSSR count). The van der Waals surface area contributed by atoms with E-state index in [0.29, 0.717) is 11.6 Å². The van der Waals surface area contributed by atoms with Crippen LogP contribution in [-0.4, -0.2) is 30.1 Å². The van der Waals surface area contributed by atoms with E-state index >= 15 is 0 Å². The third-order valence-corrected chi connectivity index (χ3v) is 3.06. The Balaban J connectivity index is 2.17. The molecule has 1 atom stereocenters. The van der Waals surface area contributed by atoms with Crippen LogP contribution in [0.2, 0.25) is 0 Å². The molecule has 1 aromatic heterocycles. The van der Waals surface area contributed by atoms with Crippen LogP contribution in [0.5, 0.6) is 0 Å². The number of Topliss-reactive ketones (excluding diaryl/α,β-unsaturated/α-hetero) is 1. The Bertz CT molecular complexity index is 372. The largest absolute Gasteiger partial charge is 0.437 e. The molecule has 16 heavy (non-hydrogen) atoms. The van der Waals surface area contributed by atoms with Gasteiger partial charge in [0.15, 0.2) is 17.4 Å². The number of carbonyl (C=O) groups is 1. The lowest BCUT2D eigenvalue weighted by molar-refractivity contribution is 0.0987. The van der Waals surface area contributed by atoms with Crippen LogP contribution >= 0.6 is 0 Å². The summed E-state index contributed by atoms with van der Waals surface area (Å²) in [5.41, 5.74) is 0. The summed E-state index contributed by atoms with van der Waals surface area (Å²) in [6, 6.07) is 3.63. The summed E-state index contributed by atoms with van der Waals surface area (Å²) in [4.78, 5) is 13.2. The van der Waals surface area contributed by atoms with Gasteiger partial charge < -0.3 is 14.4 Å². The normalized spacial score (nSPS) is 21.1. The van der Waals surface area contributed by atoms with Crippen molar-refractivity contribution in [2.75, 3.05) is 18.1 Å². The second-order valence-corrected chi connectivity index (χ2v) is 4.22. The first kappa shape index (κ1) is 11.2. The Morgan fingerprint density at radius 1 is 1.56 bits per heavy atom. The standard InChI is InChI=1S/C12H17NO3/c1-9(15)11-5-6-12(16-11)13-7-3-2-4-10(13)8-14/h5-6,10,14H,2-4,7-8H2,1H3. The fourth-order valence-electron chi connectivity index (χ4n) is 2.15. The number of nitrogens with zero attached hydrogens (tertiary/aromatic N) is 1. The molecule has 0 aliphatic carbocycles. The van der Waals surface area contributed by atoms with Crippen molar-refractivity contribution in [2.45, 2.75) is 32.2 Å². The topological polar surface area (TPSA) is 53.7 Å². The van der Waals surface area contributed by atoms with Crippen LogP contribution in [0.3, 0.4) is 0 Å². The third-order valence-electron chi connectivity index (χ3n) is 3.06. The van der Waals surface area contributed by atoms with Crippen LogP contribution < -0.4 is 4.90 Å². The number of carbonyl (C=O) groups excluding carboxylic acids is 1. The first-order valence-electron chi connectivity index (χ1n) is 5.70. The van der Waals surface area contributed by atoms with Crippen molar-refractivity contribution in [3.05, 3.63) is 17.9 Å². The number of aliphatic hydroxyl groups excluding tert-OH is 1. The number of hydrogen-bond acceptors (Lipinski definition) is 4. The maximum absolute atomic E-state index is 11.1. The quantitative estimate of drug-likeness (QED) is 0.794. The Labute approximate surface area is 94.9 Å². The Hall–Kier alpha value is -1.29. The number of aliphatic hydroxyl groups is 1. The van der Waals surface area contributed by atoms with E-state index < -0.39 is 0 Å². The molecule has 0 bridgehead atoms. The van der Waals surface area contributed by atoms with Gasteiger partial charge >= 0.3 is 0 Å². The predicted octanol–water partition coefficient (Wildman–Crippen LogP) is 1.83. The van der Waals surface area contributed by atoms with Gasteiger partial charge in [0, 0.05) is 19.5 Å². The first-order valence-corrected chi connectivity index (χ1v) is 5.70. The minimum absolute atomic E-state index is 0.0659.